The van der Waals surface area contributed by atoms with Crippen LogP contribution in [0.2, 0.25) is 0 Å². The van der Waals surface area contributed by atoms with Gasteiger partial charge in [-0.3, -0.25) is 4.79 Å². The van der Waals surface area contributed by atoms with Crippen molar-refractivity contribution >= 4 is 12.3 Å². The Labute approximate surface area is 177 Å². The number of benzene rings is 3. The molecule has 0 saturated carbocycles. The van der Waals surface area contributed by atoms with Gasteiger partial charge in [-0.15, -0.1) is 0 Å². The average Bonchev–Trinajstić information content (AvgIpc) is 2.79. The molecule has 0 aliphatic carbocycles. The fourth-order valence-electron chi connectivity index (χ4n) is 3.35. The highest BCUT2D eigenvalue weighted by Gasteiger charge is 2.16. The Kier molecular flexibility index (Phi) is 7.78. The molecule has 1 atom stereocenters. The quantitative estimate of drug-likeness (QED) is 0.329. The highest BCUT2D eigenvalue weighted by molar-refractivity contribution is 5.71. The molecule has 3 aromatic rings. The van der Waals surface area contributed by atoms with Crippen molar-refractivity contribution in [2.24, 2.45) is 0 Å². The second-order valence-corrected chi connectivity index (χ2v) is 7.03. The van der Waals surface area contributed by atoms with Crippen LogP contribution in [0.15, 0.2) is 78.9 Å². The molecule has 0 spiro atoms. The predicted octanol–water partition coefficient (Wildman–Crippen LogP) is 5.56. The van der Waals surface area contributed by atoms with E-state index in [4.69, 9.17) is 9.47 Å². The van der Waals surface area contributed by atoms with Crippen LogP contribution < -0.4 is 4.74 Å². The van der Waals surface area contributed by atoms with E-state index in [1.165, 1.54) is 5.56 Å². The van der Waals surface area contributed by atoms with Gasteiger partial charge in [-0.2, -0.15) is 0 Å². The van der Waals surface area contributed by atoms with Crippen LogP contribution in [0.5, 0.6) is 5.75 Å². The molecule has 0 radical (unpaired) electrons. The van der Waals surface area contributed by atoms with Gasteiger partial charge in [0, 0.05) is 12.3 Å². The lowest BCUT2D eigenvalue weighted by molar-refractivity contribution is -0.143. The molecule has 0 bridgehead atoms. The van der Waals surface area contributed by atoms with E-state index in [1.54, 1.807) is 6.92 Å². The number of hydrogen-bond donors (Lipinski definition) is 0. The Morgan fingerprint density at radius 1 is 0.933 bits per heavy atom. The molecule has 0 aliphatic rings. The van der Waals surface area contributed by atoms with Crippen molar-refractivity contribution in [3.63, 3.8) is 0 Å². The maximum Gasteiger partial charge on any atom is 0.306 e. The second-order valence-electron chi connectivity index (χ2n) is 7.03. The molecular weight excluding hydrogens is 376 g/mol. The van der Waals surface area contributed by atoms with Crippen LogP contribution >= 0.6 is 0 Å². The van der Waals surface area contributed by atoms with Crippen LogP contribution in [0, 0.1) is 0 Å². The van der Waals surface area contributed by atoms with Gasteiger partial charge in [-0.1, -0.05) is 60.7 Å². The first-order chi connectivity index (χ1) is 14.7. The molecule has 4 heteroatoms. The van der Waals surface area contributed by atoms with Gasteiger partial charge in [0.1, 0.15) is 18.6 Å². The molecule has 0 N–H and O–H groups in total. The second kappa shape index (κ2) is 11.0. The Morgan fingerprint density at radius 2 is 1.67 bits per heavy atom. The maximum atomic E-state index is 11.8. The van der Waals surface area contributed by atoms with Crippen LogP contribution in [-0.2, 0) is 20.9 Å². The zero-order chi connectivity index (χ0) is 21.2. The summed E-state index contributed by atoms with van der Waals surface area (Å²) in [4.78, 5) is 22.8. The van der Waals surface area contributed by atoms with E-state index < -0.39 is 0 Å². The highest BCUT2D eigenvalue weighted by atomic mass is 16.5. The molecule has 3 aromatic carbocycles. The van der Waals surface area contributed by atoms with E-state index in [0.717, 1.165) is 28.7 Å². The van der Waals surface area contributed by atoms with Crippen molar-refractivity contribution in [2.45, 2.75) is 32.3 Å². The van der Waals surface area contributed by atoms with Crippen LogP contribution in [-0.4, -0.2) is 18.9 Å². The molecular formula is C26H26O4. The molecule has 0 heterocycles. The topological polar surface area (TPSA) is 52.6 Å². The van der Waals surface area contributed by atoms with Gasteiger partial charge < -0.3 is 14.3 Å². The summed E-state index contributed by atoms with van der Waals surface area (Å²) in [7, 11) is 0. The summed E-state index contributed by atoms with van der Waals surface area (Å²) in [5.74, 6) is 0.269. The first-order valence-corrected chi connectivity index (χ1v) is 10.2. The summed E-state index contributed by atoms with van der Waals surface area (Å²) >= 11 is 0. The van der Waals surface area contributed by atoms with E-state index in [9.17, 15) is 9.59 Å². The van der Waals surface area contributed by atoms with Crippen molar-refractivity contribution in [1.29, 1.82) is 0 Å². The van der Waals surface area contributed by atoms with E-state index in [0.29, 0.717) is 13.2 Å². The molecule has 154 valence electrons. The maximum absolute atomic E-state index is 11.8. The van der Waals surface area contributed by atoms with Crippen LogP contribution in [0.25, 0.3) is 11.1 Å². The van der Waals surface area contributed by atoms with E-state index in [1.807, 2.05) is 54.6 Å². The van der Waals surface area contributed by atoms with Crippen molar-refractivity contribution in [1.82, 2.24) is 0 Å². The van der Waals surface area contributed by atoms with E-state index >= 15 is 0 Å². The van der Waals surface area contributed by atoms with Crippen LogP contribution in [0.3, 0.4) is 0 Å². The van der Waals surface area contributed by atoms with Crippen molar-refractivity contribution in [3.8, 4) is 16.9 Å². The van der Waals surface area contributed by atoms with Crippen molar-refractivity contribution < 1.29 is 19.1 Å². The molecule has 4 nitrogen and oxygen atoms in total. The lowest BCUT2D eigenvalue weighted by Gasteiger charge is -2.15. The van der Waals surface area contributed by atoms with Gasteiger partial charge >= 0.3 is 5.97 Å². The number of esters is 1. The summed E-state index contributed by atoms with van der Waals surface area (Å²) < 4.78 is 10.9. The average molecular weight is 402 g/mol. The minimum atomic E-state index is -0.289. The molecule has 30 heavy (non-hydrogen) atoms. The molecule has 1 unspecified atom stereocenters. The number of ether oxygens (including phenoxy) is 2. The number of carbonyl (C=O) groups excluding carboxylic acids is 2. The predicted molar refractivity (Wildman–Crippen MR) is 117 cm³/mol. The third-order valence-electron chi connectivity index (χ3n) is 4.89. The number of rotatable bonds is 10. The summed E-state index contributed by atoms with van der Waals surface area (Å²) in [6, 6.07) is 26.1. The SMILES string of the molecule is CCOC(=O)CC(CC=O)c1ccc(OCc2cccc(-c3ccccc3)c2)cc1. The molecule has 0 fully saturated rings. The van der Waals surface area contributed by atoms with E-state index in [2.05, 4.69) is 24.3 Å². The minimum absolute atomic E-state index is 0.182. The highest BCUT2D eigenvalue weighted by Crippen LogP contribution is 2.26. The smallest absolute Gasteiger partial charge is 0.306 e. The van der Waals surface area contributed by atoms with Crippen molar-refractivity contribution in [2.75, 3.05) is 6.61 Å². The van der Waals surface area contributed by atoms with Gasteiger partial charge in [0.25, 0.3) is 0 Å². The standard InChI is InChI=1S/C26H26O4/c1-2-29-26(28)18-24(15-16-27)22-11-13-25(14-12-22)30-19-20-7-6-10-23(17-20)21-8-4-3-5-9-21/h3-14,16-17,24H,2,15,18-19H2,1H3. The fourth-order valence-corrected chi connectivity index (χ4v) is 3.35. The summed E-state index contributed by atoms with van der Waals surface area (Å²) in [6.45, 7) is 2.57. The molecule has 0 amide bonds. The molecule has 3 rings (SSSR count). The van der Waals surface area contributed by atoms with Gasteiger partial charge in [0.05, 0.1) is 13.0 Å². The third kappa shape index (κ3) is 6.05. The van der Waals surface area contributed by atoms with Gasteiger partial charge in [-0.05, 0) is 47.4 Å². The fraction of sp³-hybridized carbons (Fsp3) is 0.231. The lowest BCUT2D eigenvalue weighted by Crippen LogP contribution is -2.11. The molecule has 0 aliphatic heterocycles. The minimum Gasteiger partial charge on any atom is -0.489 e. The number of hydrogen-bond acceptors (Lipinski definition) is 4. The van der Waals surface area contributed by atoms with E-state index in [-0.39, 0.29) is 24.7 Å². The Hall–Kier alpha value is -3.40. The Morgan fingerprint density at radius 3 is 2.37 bits per heavy atom. The zero-order valence-electron chi connectivity index (χ0n) is 17.1. The monoisotopic (exact) mass is 402 g/mol. The normalized spacial score (nSPS) is 11.5. The third-order valence-corrected chi connectivity index (χ3v) is 4.89. The lowest BCUT2D eigenvalue weighted by atomic mass is 9.93. The van der Waals surface area contributed by atoms with Crippen LogP contribution in [0.1, 0.15) is 36.8 Å². The number of carbonyl (C=O) groups is 2. The van der Waals surface area contributed by atoms with Crippen LogP contribution in [0.4, 0.5) is 0 Å². The van der Waals surface area contributed by atoms with Gasteiger partial charge in [0.2, 0.25) is 0 Å². The summed E-state index contributed by atoms with van der Waals surface area (Å²) in [5.41, 5.74) is 4.34. The van der Waals surface area contributed by atoms with Gasteiger partial charge in [-0.25, -0.2) is 0 Å². The zero-order valence-corrected chi connectivity index (χ0v) is 17.1. The Bertz CT molecular complexity index is 948. The molecule has 0 aromatic heterocycles. The molecule has 0 saturated heterocycles. The van der Waals surface area contributed by atoms with Gasteiger partial charge in [0.15, 0.2) is 0 Å². The summed E-state index contributed by atoms with van der Waals surface area (Å²) in [6.07, 6.45) is 1.32. The Balaban J connectivity index is 1.63. The van der Waals surface area contributed by atoms with Crippen molar-refractivity contribution in [3.05, 3.63) is 90.0 Å². The first-order valence-electron chi connectivity index (χ1n) is 10.2. The summed E-state index contributed by atoms with van der Waals surface area (Å²) in [5, 5.41) is 0. The first kappa shape index (κ1) is 21.3. The largest absolute Gasteiger partial charge is 0.489 e. The number of aldehydes is 1.